The minimum atomic E-state index is -4.84. The van der Waals surface area contributed by atoms with Crippen LogP contribution in [0.1, 0.15) is 23.7 Å². The van der Waals surface area contributed by atoms with Crippen LogP contribution in [0.4, 0.5) is 17.6 Å². The van der Waals surface area contributed by atoms with E-state index in [0.717, 1.165) is 12.1 Å². The van der Waals surface area contributed by atoms with Crippen molar-refractivity contribution in [2.45, 2.75) is 24.8 Å². The van der Waals surface area contributed by atoms with Gasteiger partial charge in [-0.15, -0.1) is 0 Å². The Hall–Kier alpha value is -1.18. The van der Waals surface area contributed by atoms with Gasteiger partial charge in [0.2, 0.25) is 0 Å². The average Bonchev–Trinajstić information content (AvgIpc) is 2.34. The quantitative estimate of drug-likeness (QED) is 0.722. The van der Waals surface area contributed by atoms with Crippen molar-refractivity contribution in [1.29, 1.82) is 0 Å². The third kappa shape index (κ3) is 3.89. The molecule has 1 rings (SSSR count). The van der Waals surface area contributed by atoms with Crippen LogP contribution in [0.15, 0.2) is 18.2 Å². The summed E-state index contributed by atoms with van der Waals surface area (Å²) in [7, 11) is 1.62. The fourth-order valence-electron chi connectivity index (χ4n) is 1.65. The molecule has 2 unspecified atom stereocenters. The fraction of sp³-hybridized carbons (Fsp3) is 0.500. The Kier molecular flexibility index (Phi) is 5.28. The lowest BCUT2D eigenvalue weighted by Gasteiger charge is -2.20. The second-order valence-corrected chi connectivity index (χ2v) is 4.11. The third-order valence-corrected chi connectivity index (χ3v) is 2.71. The first-order chi connectivity index (χ1) is 8.79. The summed E-state index contributed by atoms with van der Waals surface area (Å²) in [5.41, 5.74) is -2.01. The average molecular weight is 281 g/mol. The monoisotopic (exact) mass is 281 g/mol. The highest BCUT2D eigenvalue weighted by atomic mass is 19.4. The van der Waals surface area contributed by atoms with Gasteiger partial charge in [-0.1, -0.05) is 12.1 Å². The summed E-state index contributed by atoms with van der Waals surface area (Å²) in [6.45, 7) is 0.346. The van der Waals surface area contributed by atoms with E-state index in [4.69, 9.17) is 0 Å². The summed E-state index contributed by atoms with van der Waals surface area (Å²) in [6.07, 6.45) is -7.79. The van der Waals surface area contributed by atoms with Gasteiger partial charge in [-0.05, 0) is 26.1 Å². The van der Waals surface area contributed by atoms with Gasteiger partial charge in [0.1, 0.15) is 11.9 Å². The maximum atomic E-state index is 13.7. The number of alkyl halides is 3. The zero-order valence-electron chi connectivity index (χ0n) is 10.2. The summed E-state index contributed by atoms with van der Waals surface area (Å²) < 4.78 is 51.2. The summed E-state index contributed by atoms with van der Waals surface area (Å²) in [5, 5.41) is 22.0. The smallest absolute Gasteiger partial charge is 0.390 e. The Morgan fingerprint density at radius 2 is 1.89 bits per heavy atom. The maximum Gasteiger partial charge on any atom is 0.419 e. The van der Waals surface area contributed by atoms with Crippen LogP contribution in [-0.4, -0.2) is 29.9 Å². The highest BCUT2D eigenvalue weighted by molar-refractivity contribution is 5.30. The van der Waals surface area contributed by atoms with Gasteiger partial charge in [0.15, 0.2) is 0 Å². The zero-order chi connectivity index (χ0) is 14.6. The summed E-state index contributed by atoms with van der Waals surface area (Å²) in [5.74, 6) is -1.55. The molecule has 108 valence electrons. The minimum absolute atomic E-state index is 0.0906. The molecule has 0 aliphatic heterocycles. The lowest BCUT2D eigenvalue weighted by atomic mass is 9.99. The van der Waals surface area contributed by atoms with Crippen molar-refractivity contribution in [3.8, 4) is 0 Å². The van der Waals surface area contributed by atoms with Crippen LogP contribution in [0.25, 0.3) is 0 Å². The van der Waals surface area contributed by atoms with Gasteiger partial charge in [-0.2, -0.15) is 13.2 Å². The molecule has 7 heteroatoms. The number of nitrogens with one attached hydrogen (secondary N) is 1. The lowest BCUT2D eigenvalue weighted by Crippen LogP contribution is -2.24. The fourth-order valence-corrected chi connectivity index (χ4v) is 1.65. The number of hydrogen-bond donors (Lipinski definition) is 3. The number of aliphatic hydroxyl groups excluding tert-OH is 2. The molecule has 0 aromatic heterocycles. The molecule has 3 N–H and O–H groups in total. The normalized spacial score (nSPS) is 15.3. The maximum absolute atomic E-state index is 13.7. The third-order valence-electron chi connectivity index (χ3n) is 2.71. The van der Waals surface area contributed by atoms with Crippen molar-refractivity contribution in [3.63, 3.8) is 0 Å². The first-order valence-corrected chi connectivity index (χ1v) is 5.65. The molecule has 19 heavy (non-hydrogen) atoms. The van der Waals surface area contributed by atoms with Crippen LogP contribution in [0, 0.1) is 5.82 Å². The van der Waals surface area contributed by atoms with Gasteiger partial charge in [-0.3, -0.25) is 0 Å². The van der Waals surface area contributed by atoms with Crippen LogP contribution >= 0.6 is 0 Å². The number of benzene rings is 1. The Balaban J connectivity index is 3.01. The van der Waals surface area contributed by atoms with E-state index in [9.17, 15) is 27.8 Å². The molecule has 1 aromatic carbocycles. The predicted octanol–water partition coefficient (Wildman–Crippen LogP) is 1.85. The molecule has 1 aromatic rings. The molecule has 0 saturated heterocycles. The second-order valence-electron chi connectivity index (χ2n) is 4.11. The molecule has 0 radical (unpaired) electrons. The molecular weight excluding hydrogens is 266 g/mol. The summed E-state index contributed by atoms with van der Waals surface area (Å²) >= 11 is 0. The molecule has 0 aliphatic carbocycles. The Bertz CT molecular complexity index is 423. The van der Waals surface area contributed by atoms with E-state index in [1.54, 1.807) is 7.05 Å². The van der Waals surface area contributed by atoms with E-state index in [1.165, 1.54) is 0 Å². The first-order valence-electron chi connectivity index (χ1n) is 5.65. The number of hydrogen-bond acceptors (Lipinski definition) is 3. The predicted molar refractivity (Wildman–Crippen MR) is 60.9 cm³/mol. The molecule has 0 bridgehead atoms. The van der Waals surface area contributed by atoms with Crippen LogP contribution in [0.2, 0.25) is 0 Å². The van der Waals surface area contributed by atoms with E-state index >= 15 is 0 Å². The highest BCUT2D eigenvalue weighted by Gasteiger charge is 2.36. The van der Waals surface area contributed by atoms with Gasteiger partial charge in [-0.25, -0.2) is 4.39 Å². The summed E-state index contributed by atoms with van der Waals surface area (Å²) in [4.78, 5) is 0. The summed E-state index contributed by atoms with van der Waals surface area (Å²) in [6, 6.07) is 2.61. The van der Waals surface area contributed by atoms with Gasteiger partial charge in [0.25, 0.3) is 0 Å². The van der Waals surface area contributed by atoms with Crippen LogP contribution < -0.4 is 5.32 Å². The van der Waals surface area contributed by atoms with Gasteiger partial charge >= 0.3 is 6.18 Å². The molecule has 0 fully saturated rings. The standard InChI is InChI=1S/C12H15F4NO2/c1-17-6-5-9(18)11(19)7-3-2-4-8(10(7)13)12(14,15)16/h2-4,9,11,17-19H,5-6H2,1H3. The van der Waals surface area contributed by atoms with E-state index in [-0.39, 0.29) is 6.42 Å². The molecule has 3 nitrogen and oxygen atoms in total. The van der Waals surface area contributed by atoms with Crippen LogP contribution in [-0.2, 0) is 6.18 Å². The minimum Gasteiger partial charge on any atom is -0.390 e. The van der Waals surface area contributed by atoms with Crippen molar-refractivity contribution in [1.82, 2.24) is 5.32 Å². The second kappa shape index (κ2) is 6.31. The van der Waals surface area contributed by atoms with Crippen molar-refractivity contribution < 1.29 is 27.8 Å². The lowest BCUT2D eigenvalue weighted by molar-refractivity contribution is -0.140. The van der Waals surface area contributed by atoms with Gasteiger partial charge < -0.3 is 15.5 Å². The van der Waals surface area contributed by atoms with Crippen molar-refractivity contribution in [3.05, 3.63) is 35.1 Å². The highest BCUT2D eigenvalue weighted by Crippen LogP contribution is 2.34. The number of rotatable bonds is 5. The molecule has 0 aliphatic rings. The van der Waals surface area contributed by atoms with E-state index in [2.05, 4.69) is 5.32 Å². The largest absolute Gasteiger partial charge is 0.419 e. The number of halogens is 4. The first kappa shape index (κ1) is 15.9. The molecule has 0 amide bonds. The van der Waals surface area contributed by atoms with Crippen LogP contribution in [0.5, 0.6) is 0 Å². The van der Waals surface area contributed by atoms with E-state index in [1.807, 2.05) is 0 Å². The van der Waals surface area contributed by atoms with Crippen molar-refractivity contribution in [2.75, 3.05) is 13.6 Å². The van der Waals surface area contributed by atoms with Gasteiger partial charge in [0, 0.05) is 5.56 Å². The molecule has 0 heterocycles. The topological polar surface area (TPSA) is 52.5 Å². The Morgan fingerprint density at radius 1 is 1.26 bits per heavy atom. The van der Waals surface area contributed by atoms with Crippen molar-refractivity contribution >= 4 is 0 Å². The van der Waals surface area contributed by atoms with Crippen LogP contribution in [0.3, 0.4) is 0 Å². The molecular formula is C12H15F4NO2. The Morgan fingerprint density at radius 3 is 2.42 bits per heavy atom. The molecule has 0 saturated carbocycles. The molecule has 0 spiro atoms. The number of aliphatic hydroxyl groups is 2. The SMILES string of the molecule is CNCCC(O)C(O)c1cccc(C(F)(F)F)c1F. The van der Waals surface area contributed by atoms with Crippen molar-refractivity contribution in [2.24, 2.45) is 0 Å². The van der Waals surface area contributed by atoms with E-state index in [0.29, 0.717) is 12.6 Å². The van der Waals surface area contributed by atoms with Gasteiger partial charge in [0.05, 0.1) is 11.7 Å². The molecule has 2 atom stereocenters. The zero-order valence-corrected chi connectivity index (χ0v) is 10.2. The Labute approximate surface area is 107 Å². The van der Waals surface area contributed by atoms with E-state index < -0.39 is 35.3 Å².